The van der Waals surface area contributed by atoms with Crippen molar-refractivity contribution in [3.63, 3.8) is 0 Å². The zero-order chi connectivity index (χ0) is 22.6. The predicted octanol–water partition coefficient (Wildman–Crippen LogP) is 4.16. The van der Waals surface area contributed by atoms with Crippen molar-refractivity contribution in [2.45, 2.75) is 52.9 Å². The van der Waals surface area contributed by atoms with Crippen LogP contribution in [0.4, 0.5) is 16.0 Å². The maximum Gasteiger partial charge on any atom is 0.151 e. The minimum Gasteiger partial charge on any atom is -0.384 e. The number of hydrogen-bond acceptors (Lipinski definition) is 7. The minimum absolute atomic E-state index is 0.0525. The zero-order valence-corrected chi connectivity index (χ0v) is 18.6. The number of nitrogens with one attached hydrogen (secondary N) is 2. The molecule has 7 nitrogen and oxygen atoms in total. The summed E-state index contributed by atoms with van der Waals surface area (Å²) < 4.78 is 12.7. The molecule has 0 aliphatic heterocycles. The van der Waals surface area contributed by atoms with Crippen molar-refractivity contribution < 1.29 is 9.50 Å². The lowest BCUT2D eigenvalue weighted by atomic mass is 10.0. The first-order valence-electron chi connectivity index (χ1n) is 10.2. The molecule has 0 aliphatic carbocycles. The van der Waals surface area contributed by atoms with Gasteiger partial charge in [0.25, 0.3) is 0 Å². The van der Waals surface area contributed by atoms with Crippen molar-refractivity contribution in [3.05, 3.63) is 59.0 Å². The molecule has 0 saturated heterocycles. The second-order valence-electron chi connectivity index (χ2n) is 8.25. The Morgan fingerprint density at radius 1 is 1.03 bits per heavy atom. The highest BCUT2D eigenvalue weighted by Gasteiger charge is 2.18. The van der Waals surface area contributed by atoms with Gasteiger partial charge in [0.2, 0.25) is 0 Å². The lowest BCUT2D eigenvalue weighted by Gasteiger charge is -2.19. The molecule has 0 saturated carbocycles. The average molecular weight is 425 g/mol. The Kier molecular flexibility index (Phi) is 6.80. The summed E-state index contributed by atoms with van der Waals surface area (Å²) in [6, 6.07) is 7.32. The van der Waals surface area contributed by atoms with Crippen LogP contribution in [-0.2, 0) is 12.3 Å². The van der Waals surface area contributed by atoms with Gasteiger partial charge in [-0.3, -0.25) is 4.98 Å². The maximum atomic E-state index is 12.7. The highest BCUT2D eigenvalue weighted by atomic mass is 19.1. The van der Waals surface area contributed by atoms with E-state index in [2.05, 4.69) is 30.8 Å². The smallest absolute Gasteiger partial charge is 0.151 e. The van der Waals surface area contributed by atoms with Crippen LogP contribution in [0.3, 0.4) is 0 Å². The monoisotopic (exact) mass is 424 g/mol. The Morgan fingerprint density at radius 2 is 1.74 bits per heavy atom. The van der Waals surface area contributed by atoms with Gasteiger partial charge in [-0.05, 0) is 51.3 Å². The number of benzene rings is 1. The van der Waals surface area contributed by atoms with E-state index in [4.69, 9.17) is 0 Å². The molecule has 0 fully saturated rings. The predicted molar refractivity (Wildman–Crippen MR) is 121 cm³/mol. The van der Waals surface area contributed by atoms with E-state index in [1.165, 1.54) is 0 Å². The number of halogens is 1. The largest absolute Gasteiger partial charge is 0.384 e. The number of aliphatic hydroxyl groups is 1. The van der Waals surface area contributed by atoms with Crippen LogP contribution in [0, 0.1) is 13.8 Å². The van der Waals surface area contributed by atoms with Crippen molar-refractivity contribution in [3.8, 4) is 11.3 Å². The fraction of sp³-hybridized carbons (Fsp3) is 0.391. The molecule has 0 aliphatic rings. The molecule has 3 N–H and O–H groups in total. The molecule has 2 aromatic heterocycles. The Balaban J connectivity index is 1.64. The van der Waals surface area contributed by atoms with Gasteiger partial charge in [0.15, 0.2) is 5.82 Å². The van der Waals surface area contributed by atoms with E-state index in [0.717, 1.165) is 28.2 Å². The lowest BCUT2D eigenvalue weighted by Crippen LogP contribution is -2.26. The third kappa shape index (κ3) is 5.52. The van der Waals surface area contributed by atoms with Crippen molar-refractivity contribution in [1.29, 1.82) is 0 Å². The van der Waals surface area contributed by atoms with Crippen LogP contribution in [0.25, 0.3) is 11.3 Å². The fourth-order valence-electron chi connectivity index (χ4n) is 3.07. The quantitative estimate of drug-likeness (QED) is 0.500. The normalized spacial score (nSPS) is 12.5. The highest BCUT2D eigenvalue weighted by Crippen LogP contribution is 2.26. The standard InChI is InChI=1S/C23H29FN6O/c1-14(28-20-13-25-19(12-26-20)23(4,5)31)11-27-22-16(3)15(2)21(29-30-22)18-8-6-17(10-24)7-9-18/h6-9,12-14,31H,10-11H2,1-5H3,(H,26,28)(H,27,30)/t14-/m1/s1. The summed E-state index contributed by atoms with van der Waals surface area (Å²) in [7, 11) is 0. The van der Waals surface area contributed by atoms with Gasteiger partial charge < -0.3 is 15.7 Å². The van der Waals surface area contributed by atoms with Gasteiger partial charge in [-0.15, -0.1) is 10.2 Å². The van der Waals surface area contributed by atoms with Crippen LogP contribution in [0.15, 0.2) is 36.7 Å². The van der Waals surface area contributed by atoms with E-state index >= 15 is 0 Å². The van der Waals surface area contributed by atoms with E-state index in [1.807, 2.05) is 32.9 Å². The van der Waals surface area contributed by atoms with Gasteiger partial charge in [0.05, 0.1) is 23.8 Å². The fourth-order valence-corrected chi connectivity index (χ4v) is 3.07. The van der Waals surface area contributed by atoms with E-state index in [1.54, 1.807) is 38.4 Å². The molecule has 0 unspecified atom stereocenters. The first-order valence-corrected chi connectivity index (χ1v) is 10.2. The molecule has 1 aromatic carbocycles. The van der Waals surface area contributed by atoms with Gasteiger partial charge in [0.1, 0.15) is 18.1 Å². The SMILES string of the molecule is Cc1c(NC[C@@H](C)Nc2cnc(C(C)(C)O)cn2)nnc(-c2ccc(CF)cc2)c1C. The number of rotatable bonds is 8. The maximum absolute atomic E-state index is 12.7. The van der Waals surface area contributed by atoms with Crippen LogP contribution >= 0.6 is 0 Å². The Hall–Kier alpha value is -3.13. The van der Waals surface area contributed by atoms with Gasteiger partial charge >= 0.3 is 0 Å². The molecule has 1 atom stereocenters. The second kappa shape index (κ2) is 9.34. The van der Waals surface area contributed by atoms with Gasteiger partial charge in [-0.25, -0.2) is 9.37 Å². The van der Waals surface area contributed by atoms with Crippen molar-refractivity contribution >= 4 is 11.6 Å². The molecule has 0 radical (unpaired) electrons. The summed E-state index contributed by atoms with van der Waals surface area (Å²) >= 11 is 0. The number of aromatic nitrogens is 4. The van der Waals surface area contributed by atoms with Crippen molar-refractivity contribution in [2.24, 2.45) is 0 Å². The van der Waals surface area contributed by atoms with Gasteiger partial charge in [0, 0.05) is 18.2 Å². The lowest BCUT2D eigenvalue weighted by molar-refractivity contribution is 0.0734. The van der Waals surface area contributed by atoms with E-state index in [-0.39, 0.29) is 6.04 Å². The molecule has 2 heterocycles. The molecule has 8 heteroatoms. The topological polar surface area (TPSA) is 95.9 Å². The molecular weight excluding hydrogens is 395 g/mol. The first kappa shape index (κ1) is 22.6. The molecule has 31 heavy (non-hydrogen) atoms. The molecule has 3 rings (SSSR count). The summed E-state index contributed by atoms with van der Waals surface area (Å²) in [6.45, 7) is 9.51. The van der Waals surface area contributed by atoms with E-state index < -0.39 is 12.3 Å². The molecular formula is C23H29FN6O. The number of alkyl halides is 1. The Morgan fingerprint density at radius 3 is 2.32 bits per heavy atom. The van der Waals surface area contributed by atoms with Crippen molar-refractivity contribution in [1.82, 2.24) is 20.2 Å². The van der Waals surface area contributed by atoms with E-state index in [0.29, 0.717) is 23.6 Å². The van der Waals surface area contributed by atoms with Crippen LogP contribution < -0.4 is 10.6 Å². The van der Waals surface area contributed by atoms with Gasteiger partial charge in [-0.2, -0.15) is 0 Å². The van der Waals surface area contributed by atoms with Crippen LogP contribution in [-0.4, -0.2) is 37.9 Å². The zero-order valence-electron chi connectivity index (χ0n) is 18.6. The second-order valence-corrected chi connectivity index (χ2v) is 8.25. The molecule has 3 aromatic rings. The molecule has 0 bridgehead atoms. The summed E-state index contributed by atoms with van der Waals surface area (Å²) in [5.41, 5.74) is 3.89. The minimum atomic E-state index is -1.02. The molecule has 0 spiro atoms. The highest BCUT2D eigenvalue weighted by molar-refractivity contribution is 5.66. The third-order valence-corrected chi connectivity index (χ3v) is 5.15. The van der Waals surface area contributed by atoms with Crippen LogP contribution in [0.2, 0.25) is 0 Å². The van der Waals surface area contributed by atoms with Crippen molar-refractivity contribution in [2.75, 3.05) is 17.2 Å². The molecule has 164 valence electrons. The molecule has 0 amide bonds. The third-order valence-electron chi connectivity index (χ3n) is 5.15. The first-order chi connectivity index (χ1) is 14.7. The number of nitrogens with zero attached hydrogens (tertiary/aromatic N) is 4. The summed E-state index contributed by atoms with van der Waals surface area (Å²) in [4.78, 5) is 8.57. The average Bonchev–Trinajstić information content (AvgIpc) is 2.75. The van der Waals surface area contributed by atoms with Crippen LogP contribution in [0.5, 0.6) is 0 Å². The number of anilines is 2. The summed E-state index contributed by atoms with van der Waals surface area (Å²) in [5.74, 6) is 1.35. The Labute approximate surface area is 182 Å². The number of hydrogen-bond donors (Lipinski definition) is 3. The van der Waals surface area contributed by atoms with Gasteiger partial charge in [-0.1, -0.05) is 24.3 Å². The Bertz CT molecular complexity index is 1020. The van der Waals surface area contributed by atoms with E-state index in [9.17, 15) is 9.50 Å². The summed E-state index contributed by atoms with van der Waals surface area (Å²) in [6.07, 6.45) is 3.18. The van der Waals surface area contributed by atoms with Crippen LogP contribution in [0.1, 0.15) is 43.2 Å². The summed E-state index contributed by atoms with van der Waals surface area (Å²) in [5, 5.41) is 25.3.